The second-order valence-corrected chi connectivity index (χ2v) is 7.33. The normalized spacial score (nSPS) is 12.3. The Balaban J connectivity index is 1.69. The average Bonchev–Trinajstić information content (AvgIpc) is 2.83. The molecule has 6 heteroatoms. The molecule has 0 bridgehead atoms. The molecule has 32 heavy (non-hydrogen) atoms. The molecule has 0 aromatic heterocycles. The van der Waals surface area contributed by atoms with Crippen molar-refractivity contribution in [3.63, 3.8) is 0 Å². The number of hydrogen-bond donors (Lipinski definition) is 2. The van der Waals surface area contributed by atoms with Gasteiger partial charge in [-0.1, -0.05) is 49.4 Å². The number of rotatable bonds is 9. The first-order chi connectivity index (χ1) is 15.5. The minimum atomic E-state index is -0.706. The summed E-state index contributed by atoms with van der Waals surface area (Å²) in [5.74, 6) is 0.691. The Bertz CT molecular complexity index is 1040. The van der Waals surface area contributed by atoms with Gasteiger partial charge in [0.2, 0.25) is 0 Å². The smallest absolute Gasteiger partial charge is 0.265 e. The fraction of sp³-hybridized carbons (Fsp3) is 0.231. The molecular formula is C26H28N2O4. The third-order valence-corrected chi connectivity index (χ3v) is 5.08. The highest BCUT2D eigenvalue weighted by Gasteiger charge is 2.21. The summed E-state index contributed by atoms with van der Waals surface area (Å²) >= 11 is 0. The zero-order chi connectivity index (χ0) is 22.9. The van der Waals surface area contributed by atoms with Crippen molar-refractivity contribution in [2.45, 2.75) is 32.4 Å². The molecule has 3 aromatic rings. The van der Waals surface area contributed by atoms with E-state index >= 15 is 0 Å². The minimum Gasteiger partial charge on any atom is -0.497 e. The van der Waals surface area contributed by atoms with E-state index in [0.29, 0.717) is 29.2 Å². The maximum atomic E-state index is 12.9. The maximum absolute atomic E-state index is 12.9. The molecule has 0 aliphatic rings. The lowest BCUT2D eigenvalue weighted by Gasteiger charge is -2.19. The largest absolute Gasteiger partial charge is 0.497 e. The SMILES string of the molecule is CC[C@@H](Oc1ccc(OC)cc1)C(=O)Nc1ccccc1C(=O)N[C@H](C)c1ccccc1. The van der Waals surface area contributed by atoms with Gasteiger partial charge in [-0.25, -0.2) is 0 Å². The summed E-state index contributed by atoms with van der Waals surface area (Å²) in [6.45, 7) is 3.79. The number of nitrogens with one attached hydrogen (secondary N) is 2. The van der Waals surface area contributed by atoms with Crippen LogP contribution < -0.4 is 20.1 Å². The van der Waals surface area contributed by atoms with Crippen molar-refractivity contribution in [2.24, 2.45) is 0 Å². The molecule has 2 amide bonds. The van der Waals surface area contributed by atoms with Gasteiger partial charge in [0.05, 0.1) is 24.4 Å². The summed E-state index contributed by atoms with van der Waals surface area (Å²) in [6.07, 6.45) is -0.236. The van der Waals surface area contributed by atoms with E-state index in [1.54, 1.807) is 55.6 Å². The molecule has 0 fully saturated rings. The summed E-state index contributed by atoms with van der Waals surface area (Å²) < 4.78 is 11.0. The van der Waals surface area contributed by atoms with Crippen LogP contribution in [0.3, 0.4) is 0 Å². The van der Waals surface area contributed by atoms with Crippen LogP contribution in [-0.2, 0) is 4.79 Å². The van der Waals surface area contributed by atoms with Crippen LogP contribution in [-0.4, -0.2) is 25.0 Å². The molecule has 0 aliphatic carbocycles. The van der Waals surface area contributed by atoms with Gasteiger partial charge in [0.1, 0.15) is 11.5 Å². The molecule has 0 saturated heterocycles. The van der Waals surface area contributed by atoms with Crippen molar-refractivity contribution in [3.8, 4) is 11.5 Å². The van der Waals surface area contributed by atoms with Crippen molar-refractivity contribution in [1.82, 2.24) is 5.32 Å². The Morgan fingerprint density at radius 3 is 2.16 bits per heavy atom. The molecule has 3 rings (SSSR count). The third-order valence-electron chi connectivity index (χ3n) is 5.08. The van der Waals surface area contributed by atoms with Crippen molar-refractivity contribution in [1.29, 1.82) is 0 Å². The van der Waals surface area contributed by atoms with Gasteiger partial charge in [-0.2, -0.15) is 0 Å². The lowest BCUT2D eigenvalue weighted by atomic mass is 10.1. The van der Waals surface area contributed by atoms with Gasteiger partial charge in [0.15, 0.2) is 6.10 Å². The van der Waals surface area contributed by atoms with E-state index in [1.165, 1.54) is 0 Å². The third kappa shape index (κ3) is 5.88. The van der Waals surface area contributed by atoms with Crippen LogP contribution in [0.4, 0.5) is 5.69 Å². The maximum Gasteiger partial charge on any atom is 0.265 e. The Labute approximate surface area is 188 Å². The molecule has 6 nitrogen and oxygen atoms in total. The number of hydrogen-bond acceptors (Lipinski definition) is 4. The predicted octanol–water partition coefficient (Wildman–Crippen LogP) is 4.98. The highest BCUT2D eigenvalue weighted by Crippen LogP contribution is 2.21. The van der Waals surface area contributed by atoms with Crippen LogP contribution in [0.1, 0.15) is 42.2 Å². The van der Waals surface area contributed by atoms with Gasteiger partial charge in [-0.3, -0.25) is 9.59 Å². The molecule has 0 aliphatic heterocycles. The van der Waals surface area contributed by atoms with Gasteiger partial charge < -0.3 is 20.1 Å². The van der Waals surface area contributed by atoms with Crippen LogP contribution in [0, 0.1) is 0 Å². The Morgan fingerprint density at radius 2 is 1.50 bits per heavy atom. The molecule has 3 aromatic carbocycles. The van der Waals surface area contributed by atoms with Crippen molar-refractivity contribution < 1.29 is 19.1 Å². The second kappa shape index (κ2) is 11.0. The Morgan fingerprint density at radius 1 is 0.875 bits per heavy atom. The summed E-state index contributed by atoms with van der Waals surface area (Å²) in [5, 5.41) is 5.84. The monoisotopic (exact) mass is 432 g/mol. The quantitative estimate of drug-likeness (QED) is 0.500. The Hall–Kier alpha value is -3.80. The van der Waals surface area contributed by atoms with E-state index in [0.717, 1.165) is 5.56 Å². The number of amides is 2. The molecule has 166 valence electrons. The minimum absolute atomic E-state index is 0.172. The molecular weight excluding hydrogens is 404 g/mol. The lowest BCUT2D eigenvalue weighted by Crippen LogP contribution is -2.34. The number of ether oxygens (including phenoxy) is 2. The first-order valence-corrected chi connectivity index (χ1v) is 10.6. The molecule has 0 spiro atoms. The van der Waals surface area contributed by atoms with Crippen LogP contribution in [0.25, 0.3) is 0 Å². The van der Waals surface area contributed by atoms with Gasteiger partial charge >= 0.3 is 0 Å². The van der Waals surface area contributed by atoms with E-state index in [9.17, 15) is 9.59 Å². The van der Waals surface area contributed by atoms with E-state index < -0.39 is 6.10 Å². The van der Waals surface area contributed by atoms with Crippen molar-refractivity contribution >= 4 is 17.5 Å². The molecule has 0 unspecified atom stereocenters. The topological polar surface area (TPSA) is 76.7 Å². The van der Waals surface area contributed by atoms with Crippen molar-refractivity contribution in [2.75, 3.05) is 12.4 Å². The predicted molar refractivity (Wildman–Crippen MR) is 125 cm³/mol. The zero-order valence-corrected chi connectivity index (χ0v) is 18.5. The van der Waals surface area contributed by atoms with E-state index in [4.69, 9.17) is 9.47 Å². The number of carbonyl (C=O) groups excluding carboxylic acids is 2. The van der Waals surface area contributed by atoms with Crippen LogP contribution in [0.5, 0.6) is 11.5 Å². The fourth-order valence-electron chi connectivity index (χ4n) is 3.24. The van der Waals surface area contributed by atoms with Gasteiger partial charge in [0.25, 0.3) is 11.8 Å². The van der Waals surface area contributed by atoms with E-state index in [1.807, 2.05) is 44.2 Å². The average molecular weight is 433 g/mol. The standard InChI is InChI=1S/C26H28N2O4/c1-4-24(32-21-16-14-20(31-3)15-17-21)26(30)28-23-13-9-8-12-22(23)25(29)27-18(2)19-10-6-5-7-11-19/h5-18,24H,4H2,1-3H3,(H,27,29)(H,28,30)/t18-,24-/m1/s1. The Kier molecular flexibility index (Phi) is 7.86. The molecule has 2 N–H and O–H groups in total. The molecule has 0 radical (unpaired) electrons. The number of methoxy groups -OCH3 is 1. The molecule has 0 heterocycles. The summed E-state index contributed by atoms with van der Waals surface area (Å²) in [6, 6.07) is 23.5. The number of benzene rings is 3. The summed E-state index contributed by atoms with van der Waals surface area (Å²) in [7, 11) is 1.59. The van der Waals surface area contributed by atoms with Crippen molar-refractivity contribution in [3.05, 3.63) is 90.0 Å². The van der Waals surface area contributed by atoms with Crippen LogP contribution in [0.15, 0.2) is 78.9 Å². The first kappa shape index (κ1) is 22.9. The number of carbonyl (C=O) groups is 2. The second-order valence-electron chi connectivity index (χ2n) is 7.33. The summed E-state index contributed by atoms with van der Waals surface area (Å²) in [4.78, 5) is 25.8. The van der Waals surface area contributed by atoms with Gasteiger partial charge in [-0.05, 0) is 55.3 Å². The lowest BCUT2D eigenvalue weighted by molar-refractivity contribution is -0.122. The molecule has 2 atom stereocenters. The summed E-state index contributed by atoms with van der Waals surface area (Å²) in [5.41, 5.74) is 1.83. The zero-order valence-electron chi connectivity index (χ0n) is 18.5. The van der Waals surface area contributed by atoms with E-state index in [2.05, 4.69) is 10.6 Å². The molecule has 0 saturated carbocycles. The van der Waals surface area contributed by atoms with Crippen LogP contribution >= 0.6 is 0 Å². The van der Waals surface area contributed by atoms with E-state index in [-0.39, 0.29) is 17.9 Å². The first-order valence-electron chi connectivity index (χ1n) is 10.6. The number of anilines is 1. The van der Waals surface area contributed by atoms with Gasteiger partial charge in [0, 0.05) is 0 Å². The fourth-order valence-corrected chi connectivity index (χ4v) is 3.24. The van der Waals surface area contributed by atoms with Gasteiger partial charge in [-0.15, -0.1) is 0 Å². The number of para-hydroxylation sites is 1. The highest BCUT2D eigenvalue weighted by atomic mass is 16.5. The van der Waals surface area contributed by atoms with Crippen LogP contribution in [0.2, 0.25) is 0 Å². The highest BCUT2D eigenvalue weighted by molar-refractivity contribution is 6.04.